The van der Waals surface area contributed by atoms with Gasteiger partial charge in [0.25, 0.3) is 0 Å². The lowest BCUT2D eigenvalue weighted by Gasteiger charge is -2.61. The Morgan fingerprint density at radius 2 is 2.11 bits per heavy atom. The highest BCUT2D eigenvalue weighted by atomic mass is 16.5. The molecule has 5 heterocycles. The van der Waals surface area contributed by atoms with Crippen LogP contribution in [0.2, 0.25) is 0 Å². The summed E-state index contributed by atoms with van der Waals surface area (Å²) in [6.07, 6.45) is 4.45. The average Bonchev–Trinajstić information content (AvgIpc) is 3.00. The Hall–Kier alpha value is -2.40. The van der Waals surface area contributed by atoms with Gasteiger partial charge in [-0.05, 0) is 31.4 Å². The number of rotatable bonds is 2. The van der Waals surface area contributed by atoms with Gasteiger partial charge < -0.3 is 14.1 Å². The molecule has 0 spiro atoms. The van der Waals surface area contributed by atoms with Crippen LogP contribution < -0.4 is 0 Å². The lowest BCUT2D eigenvalue weighted by molar-refractivity contribution is -0.176. The van der Waals surface area contributed by atoms with Gasteiger partial charge >= 0.3 is 5.97 Å². The van der Waals surface area contributed by atoms with Crippen molar-refractivity contribution >= 4 is 23.2 Å². The first-order valence-electron chi connectivity index (χ1n) is 9.60. The molecule has 5 nitrogen and oxygen atoms in total. The van der Waals surface area contributed by atoms with Crippen LogP contribution in [-0.4, -0.2) is 41.4 Å². The largest absolute Gasteiger partial charge is 0.468 e. The van der Waals surface area contributed by atoms with Crippen LogP contribution in [0.15, 0.2) is 35.9 Å². The topological polar surface area (TPSA) is 51.5 Å². The molecule has 4 aliphatic rings. The number of hydrogen-bond acceptors (Lipinski definition) is 4. The molecule has 5 heteroatoms. The smallest absolute Gasteiger partial charge is 0.321 e. The second-order valence-electron chi connectivity index (χ2n) is 8.04. The fourth-order valence-corrected chi connectivity index (χ4v) is 6.11. The Balaban J connectivity index is 1.77. The number of carbonyl (C=O) groups excluding carboxylic acids is 2. The van der Waals surface area contributed by atoms with Crippen molar-refractivity contribution in [3.05, 3.63) is 47.2 Å². The molecule has 0 amide bonds. The Morgan fingerprint density at radius 1 is 1.33 bits per heavy atom. The molecule has 1 aromatic heterocycles. The van der Waals surface area contributed by atoms with Gasteiger partial charge in [-0.25, -0.2) is 0 Å². The number of esters is 1. The number of benzene rings is 1. The van der Waals surface area contributed by atoms with Crippen LogP contribution in [0.4, 0.5) is 0 Å². The van der Waals surface area contributed by atoms with Gasteiger partial charge in [-0.3, -0.25) is 9.69 Å². The Kier molecular flexibility index (Phi) is 3.44. The highest BCUT2D eigenvalue weighted by Crippen LogP contribution is 2.59. The summed E-state index contributed by atoms with van der Waals surface area (Å²) in [5.74, 6) is -0.475. The lowest BCUT2D eigenvalue weighted by atomic mass is 9.55. The van der Waals surface area contributed by atoms with Gasteiger partial charge in [-0.2, -0.15) is 0 Å². The van der Waals surface area contributed by atoms with E-state index in [0.717, 1.165) is 19.3 Å². The number of aldehydes is 1. The number of aryl methyl sites for hydroxylation is 1. The van der Waals surface area contributed by atoms with Crippen molar-refractivity contribution in [3.8, 4) is 0 Å². The van der Waals surface area contributed by atoms with E-state index in [2.05, 4.69) is 46.9 Å². The zero-order valence-corrected chi connectivity index (χ0v) is 15.9. The van der Waals surface area contributed by atoms with Crippen molar-refractivity contribution in [2.45, 2.75) is 31.8 Å². The molecule has 1 aromatic carbocycles. The van der Waals surface area contributed by atoms with Crippen LogP contribution in [0.25, 0.3) is 10.9 Å². The number of para-hydroxylation sites is 1. The van der Waals surface area contributed by atoms with Crippen molar-refractivity contribution in [3.63, 3.8) is 0 Å². The molecule has 27 heavy (non-hydrogen) atoms. The summed E-state index contributed by atoms with van der Waals surface area (Å²) in [5.41, 5.74) is 3.92. The molecule has 0 aliphatic carbocycles. The number of allylic oxidation sites excluding steroid dienone is 1. The number of ether oxygens (including phenoxy) is 1. The molecule has 3 saturated heterocycles. The molecule has 0 N–H and O–H groups in total. The molecule has 2 aromatic rings. The van der Waals surface area contributed by atoms with Gasteiger partial charge in [0.05, 0.1) is 13.2 Å². The summed E-state index contributed by atoms with van der Waals surface area (Å²) < 4.78 is 7.48. The number of nitrogens with zero attached hydrogens (tertiary/aromatic N) is 2. The van der Waals surface area contributed by atoms with Crippen molar-refractivity contribution in [2.24, 2.45) is 18.4 Å². The summed E-state index contributed by atoms with van der Waals surface area (Å²) in [5, 5.41) is 1.24. The standard InChI is InChI=1S/C22H24N2O3/c1-4-13-11-24-18-10-16(13)22(12-25,21(26)27-3)19(24)9-15-14-7-5-6-8-17(14)23(2)20(15)18/h4-8,12,16,18-19H,9-11H2,1-3H3/b13-4+/t16-,18-,19?,22?/m0/s1. The predicted octanol–water partition coefficient (Wildman–Crippen LogP) is 2.78. The van der Waals surface area contributed by atoms with Gasteiger partial charge in [0, 0.05) is 42.1 Å². The molecular weight excluding hydrogens is 340 g/mol. The third kappa shape index (κ3) is 1.83. The maximum absolute atomic E-state index is 12.9. The number of fused-ring (bicyclic) bond motifs is 4. The minimum atomic E-state index is -1.11. The number of aromatic nitrogens is 1. The molecule has 4 aliphatic heterocycles. The van der Waals surface area contributed by atoms with E-state index < -0.39 is 11.4 Å². The molecule has 3 unspecified atom stereocenters. The molecular formula is C22H24N2O3. The molecule has 4 bridgehead atoms. The normalized spacial score (nSPS) is 35.3. The summed E-state index contributed by atoms with van der Waals surface area (Å²) in [6.45, 7) is 2.83. The molecule has 140 valence electrons. The first-order valence-corrected chi connectivity index (χ1v) is 9.60. The van der Waals surface area contributed by atoms with E-state index in [-0.39, 0.29) is 18.0 Å². The van der Waals surface area contributed by atoms with E-state index in [0.29, 0.717) is 6.42 Å². The van der Waals surface area contributed by atoms with Crippen LogP contribution in [0.3, 0.4) is 0 Å². The van der Waals surface area contributed by atoms with Crippen molar-refractivity contribution < 1.29 is 14.3 Å². The monoisotopic (exact) mass is 364 g/mol. The summed E-state index contributed by atoms with van der Waals surface area (Å²) in [4.78, 5) is 27.8. The predicted molar refractivity (Wildman–Crippen MR) is 102 cm³/mol. The van der Waals surface area contributed by atoms with Gasteiger partial charge in [-0.1, -0.05) is 29.8 Å². The SMILES string of the molecule is C/C=C1\CN2C3Cc4c(n(C)c5ccccc45)[C@@H]2C[C@@H]1C3(C=O)C(=O)OC. The van der Waals surface area contributed by atoms with E-state index in [9.17, 15) is 9.59 Å². The van der Waals surface area contributed by atoms with Crippen LogP contribution >= 0.6 is 0 Å². The number of hydrogen-bond donors (Lipinski definition) is 0. The van der Waals surface area contributed by atoms with Crippen LogP contribution in [0.5, 0.6) is 0 Å². The third-order valence-electron chi connectivity index (χ3n) is 7.28. The van der Waals surface area contributed by atoms with Crippen LogP contribution in [0.1, 0.15) is 30.6 Å². The fourth-order valence-electron chi connectivity index (χ4n) is 6.11. The number of carbonyl (C=O) groups is 2. The molecule has 0 saturated carbocycles. The maximum atomic E-state index is 12.9. The van der Waals surface area contributed by atoms with Crippen molar-refractivity contribution in [2.75, 3.05) is 13.7 Å². The average molecular weight is 364 g/mol. The molecule has 3 fully saturated rings. The van der Waals surface area contributed by atoms with E-state index >= 15 is 0 Å². The quantitative estimate of drug-likeness (QED) is 0.356. The first kappa shape index (κ1) is 16.8. The maximum Gasteiger partial charge on any atom is 0.321 e. The molecule has 5 atom stereocenters. The highest BCUT2D eigenvalue weighted by Gasteiger charge is 2.65. The summed E-state index contributed by atoms with van der Waals surface area (Å²) >= 11 is 0. The minimum absolute atomic E-state index is 0.0846. The van der Waals surface area contributed by atoms with Gasteiger partial charge in [-0.15, -0.1) is 0 Å². The zero-order chi connectivity index (χ0) is 18.9. The van der Waals surface area contributed by atoms with E-state index in [1.165, 1.54) is 34.8 Å². The fraction of sp³-hybridized carbons (Fsp3) is 0.455. The number of piperidine rings is 3. The number of methoxy groups -OCH3 is 1. The Bertz CT molecular complexity index is 1000. The highest BCUT2D eigenvalue weighted by molar-refractivity contribution is 5.96. The second kappa shape index (κ2) is 5.55. The first-order chi connectivity index (χ1) is 13.1. The van der Waals surface area contributed by atoms with Gasteiger partial charge in [0.15, 0.2) is 0 Å². The Morgan fingerprint density at radius 3 is 2.81 bits per heavy atom. The van der Waals surface area contributed by atoms with E-state index in [4.69, 9.17) is 4.74 Å². The Labute approximate surface area is 158 Å². The minimum Gasteiger partial charge on any atom is -0.468 e. The van der Waals surface area contributed by atoms with Crippen LogP contribution in [-0.2, 0) is 27.8 Å². The van der Waals surface area contributed by atoms with Crippen molar-refractivity contribution in [1.29, 1.82) is 0 Å². The van der Waals surface area contributed by atoms with Gasteiger partial charge in [0.2, 0.25) is 0 Å². The second-order valence-corrected chi connectivity index (χ2v) is 8.04. The molecule has 0 radical (unpaired) electrons. The summed E-state index contributed by atoms with van der Waals surface area (Å²) in [7, 11) is 3.53. The third-order valence-corrected chi connectivity index (χ3v) is 7.28. The molecule has 6 rings (SSSR count). The van der Waals surface area contributed by atoms with Crippen molar-refractivity contribution in [1.82, 2.24) is 9.47 Å². The van der Waals surface area contributed by atoms with Crippen LogP contribution in [0, 0.1) is 11.3 Å². The lowest BCUT2D eigenvalue weighted by Crippen LogP contribution is -2.69. The van der Waals surface area contributed by atoms with E-state index in [1.54, 1.807) is 0 Å². The van der Waals surface area contributed by atoms with Gasteiger partial charge in [0.1, 0.15) is 11.7 Å². The summed E-state index contributed by atoms with van der Waals surface area (Å²) in [6, 6.07) is 8.52. The van der Waals surface area contributed by atoms with E-state index in [1.807, 2.05) is 6.92 Å². The zero-order valence-electron chi connectivity index (χ0n) is 15.9.